The van der Waals surface area contributed by atoms with E-state index in [1.54, 1.807) is 0 Å². The first kappa shape index (κ1) is 5.42. The first-order valence-electron chi connectivity index (χ1n) is 2.81. The van der Waals surface area contributed by atoms with Crippen LogP contribution in [0.4, 0.5) is 0 Å². The van der Waals surface area contributed by atoms with E-state index in [0.717, 1.165) is 24.8 Å². The number of hydrogen-bond acceptors (Lipinski definition) is 1. The zero-order valence-electron chi connectivity index (χ0n) is 4.85. The van der Waals surface area contributed by atoms with Gasteiger partial charge in [-0.1, -0.05) is 12.2 Å². The molecule has 8 heavy (non-hydrogen) atoms. The van der Waals surface area contributed by atoms with Gasteiger partial charge in [0.1, 0.15) is 0 Å². The first-order valence-corrected chi connectivity index (χ1v) is 2.81. The second-order valence-corrected chi connectivity index (χ2v) is 2.21. The van der Waals surface area contributed by atoms with E-state index in [0.29, 0.717) is 0 Å². The number of rotatable bonds is 0. The van der Waals surface area contributed by atoms with Crippen molar-refractivity contribution in [3.63, 3.8) is 0 Å². The number of hydrogen-bond donors (Lipinski definition) is 1. The van der Waals surface area contributed by atoms with Crippen molar-refractivity contribution in [3.8, 4) is 0 Å². The Bertz CT molecular complexity index is 133. The van der Waals surface area contributed by atoms with E-state index in [2.05, 4.69) is 6.58 Å². The predicted molar refractivity (Wildman–Crippen MR) is 33.7 cm³/mol. The summed E-state index contributed by atoms with van der Waals surface area (Å²) in [6.07, 6.45) is 4.19. The molecule has 0 bridgehead atoms. The van der Waals surface area contributed by atoms with Crippen LogP contribution in [0.3, 0.4) is 0 Å². The van der Waals surface area contributed by atoms with Crippen molar-refractivity contribution in [2.45, 2.75) is 19.3 Å². The summed E-state index contributed by atoms with van der Waals surface area (Å²) in [5.74, 6) is 0. The maximum Gasteiger partial charge on any atom is 0.0786 e. The quantitative estimate of drug-likeness (QED) is 0.374. The Morgan fingerprint density at radius 2 is 2.25 bits per heavy atom. The van der Waals surface area contributed by atoms with Crippen LogP contribution >= 0.6 is 0 Å². The topological polar surface area (TPSA) is 20.2 Å². The summed E-state index contributed by atoms with van der Waals surface area (Å²) in [5, 5.41) is 8.48. The molecule has 1 rings (SSSR count). The van der Waals surface area contributed by atoms with Gasteiger partial charge in [-0.3, -0.25) is 0 Å². The van der Waals surface area contributed by atoms with Crippen LogP contribution in [-0.2, 0) is 0 Å². The third-order valence-corrected chi connectivity index (χ3v) is 1.46. The van der Waals surface area contributed by atoms with Gasteiger partial charge in [0.25, 0.3) is 0 Å². The SMILES string of the molecule is C=C1CC/C(=C\O)C1. The molecule has 0 aliphatic heterocycles. The molecule has 0 saturated heterocycles. The van der Waals surface area contributed by atoms with Gasteiger partial charge in [0.05, 0.1) is 6.26 Å². The molecule has 0 heterocycles. The molecule has 0 aromatic carbocycles. The Morgan fingerprint density at radius 1 is 1.50 bits per heavy atom. The molecule has 44 valence electrons. The minimum atomic E-state index is 0.913. The van der Waals surface area contributed by atoms with Gasteiger partial charge >= 0.3 is 0 Å². The van der Waals surface area contributed by atoms with Crippen LogP contribution in [0.25, 0.3) is 0 Å². The van der Waals surface area contributed by atoms with Gasteiger partial charge < -0.3 is 5.11 Å². The van der Waals surface area contributed by atoms with E-state index in [-0.39, 0.29) is 0 Å². The van der Waals surface area contributed by atoms with Crippen LogP contribution in [0, 0.1) is 0 Å². The number of aliphatic hydroxyl groups is 1. The maximum absolute atomic E-state index is 8.48. The van der Waals surface area contributed by atoms with Gasteiger partial charge in [0.15, 0.2) is 0 Å². The fraction of sp³-hybridized carbons (Fsp3) is 0.429. The molecular formula is C7H10O. The van der Waals surface area contributed by atoms with Gasteiger partial charge in [-0.25, -0.2) is 0 Å². The third-order valence-electron chi connectivity index (χ3n) is 1.46. The highest BCUT2D eigenvalue weighted by atomic mass is 16.2. The fourth-order valence-corrected chi connectivity index (χ4v) is 0.945. The Kier molecular flexibility index (Phi) is 1.38. The molecule has 0 atom stereocenters. The van der Waals surface area contributed by atoms with Crippen molar-refractivity contribution in [2.24, 2.45) is 0 Å². The Labute approximate surface area is 49.3 Å². The van der Waals surface area contributed by atoms with Crippen molar-refractivity contribution in [2.75, 3.05) is 0 Å². The lowest BCUT2D eigenvalue weighted by molar-refractivity contribution is 0.465. The zero-order valence-corrected chi connectivity index (χ0v) is 4.85. The second kappa shape index (κ2) is 2.03. The molecule has 0 amide bonds. The Morgan fingerprint density at radius 3 is 2.50 bits per heavy atom. The second-order valence-electron chi connectivity index (χ2n) is 2.21. The molecule has 1 aliphatic rings. The van der Waals surface area contributed by atoms with Gasteiger partial charge in [0.2, 0.25) is 0 Å². The highest BCUT2D eigenvalue weighted by Gasteiger charge is 2.08. The maximum atomic E-state index is 8.48. The predicted octanol–water partition coefficient (Wildman–Crippen LogP) is 2.17. The van der Waals surface area contributed by atoms with Crippen molar-refractivity contribution in [1.82, 2.24) is 0 Å². The summed E-state index contributed by atoms with van der Waals surface area (Å²) in [5.41, 5.74) is 2.36. The van der Waals surface area contributed by atoms with E-state index in [4.69, 9.17) is 5.11 Å². The lowest BCUT2D eigenvalue weighted by Crippen LogP contribution is -1.68. The fourth-order valence-electron chi connectivity index (χ4n) is 0.945. The summed E-state index contributed by atoms with van der Waals surface area (Å²) in [4.78, 5) is 0. The summed E-state index contributed by atoms with van der Waals surface area (Å²) in [6.45, 7) is 3.80. The van der Waals surface area contributed by atoms with E-state index in [1.807, 2.05) is 0 Å². The summed E-state index contributed by atoms with van der Waals surface area (Å²) >= 11 is 0. The van der Waals surface area contributed by atoms with Crippen molar-refractivity contribution >= 4 is 0 Å². The van der Waals surface area contributed by atoms with Gasteiger partial charge in [-0.05, 0) is 24.8 Å². The Hall–Kier alpha value is -0.720. The van der Waals surface area contributed by atoms with Crippen molar-refractivity contribution in [1.29, 1.82) is 0 Å². The molecule has 0 radical (unpaired) electrons. The van der Waals surface area contributed by atoms with E-state index in [1.165, 1.54) is 11.8 Å². The van der Waals surface area contributed by atoms with Crippen LogP contribution < -0.4 is 0 Å². The van der Waals surface area contributed by atoms with Crippen molar-refractivity contribution in [3.05, 3.63) is 24.0 Å². The normalized spacial score (nSPS) is 25.0. The average Bonchev–Trinajstić information content (AvgIpc) is 2.14. The van der Waals surface area contributed by atoms with Gasteiger partial charge in [0, 0.05) is 0 Å². The minimum Gasteiger partial charge on any atom is -0.516 e. The van der Waals surface area contributed by atoms with Crippen LogP contribution in [-0.4, -0.2) is 5.11 Å². The smallest absolute Gasteiger partial charge is 0.0786 e. The number of aliphatic hydroxyl groups excluding tert-OH is 1. The van der Waals surface area contributed by atoms with Crippen LogP contribution in [0.2, 0.25) is 0 Å². The third kappa shape index (κ3) is 0.915. The monoisotopic (exact) mass is 110 g/mol. The molecule has 1 saturated carbocycles. The lowest BCUT2D eigenvalue weighted by Gasteiger charge is -1.85. The van der Waals surface area contributed by atoms with E-state index >= 15 is 0 Å². The summed E-state index contributed by atoms with van der Waals surface area (Å²) < 4.78 is 0. The molecule has 1 fully saturated rings. The highest BCUT2D eigenvalue weighted by molar-refractivity contribution is 5.18. The molecule has 1 heteroatoms. The summed E-state index contributed by atoms with van der Waals surface area (Å²) in [6, 6.07) is 0. The molecule has 0 unspecified atom stereocenters. The van der Waals surface area contributed by atoms with E-state index in [9.17, 15) is 0 Å². The first-order chi connectivity index (χ1) is 3.83. The minimum absolute atomic E-state index is 0.913. The van der Waals surface area contributed by atoms with Crippen LogP contribution in [0.5, 0.6) is 0 Å². The molecule has 0 spiro atoms. The van der Waals surface area contributed by atoms with Crippen LogP contribution in [0.15, 0.2) is 24.0 Å². The molecule has 0 aromatic heterocycles. The van der Waals surface area contributed by atoms with Gasteiger partial charge in [-0.2, -0.15) is 0 Å². The number of allylic oxidation sites excluding steroid dienone is 2. The van der Waals surface area contributed by atoms with Crippen LogP contribution in [0.1, 0.15) is 19.3 Å². The standard InChI is InChI=1S/C7H10O/c1-6-2-3-7(4-6)5-8/h5,8H,1-4H2/b7-5+. The largest absolute Gasteiger partial charge is 0.516 e. The van der Waals surface area contributed by atoms with Crippen molar-refractivity contribution < 1.29 is 5.11 Å². The summed E-state index contributed by atoms with van der Waals surface area (Å²) in [7, 11) is 0. The molecule has 1 nitrogen and oxygen atoms in total. The highest BCUT2D eigenvalue weighted by Crippen LogP contribution is 2.26. The van der Waals surface area contributed by atoms with Gasteiger partial charge in [-0.15, -0.1) is 0 Å². The lowest BCUT2D eigenvalue weighted by atomic mass is 10.2. The van der Waals surface area contributed by atoms with E-state index < -0.39 is 0 Å². The molecule has 0 aromatic rings. The Balaban J connectivity index is 2.56. The molecule has 1 aliphatic carbocycles. The molecule has 1 N–H and O–H groups in total. The zero-order chi connectivity index (χ0) is 5.98. The average molecular weight is 110 g/mol. The molecular weight excluding hydrogens is 100 g/mol.